The smallest absolute Gasteiger partial charge is 0.253 e. The van der Waals surface area contributed by atoms with Crippen LogP contribution in [0.25, 0.3) is 0 Å². The molecule has 1 saturated heterocycles. The quantitative estimate of drug-likeness (QED) is 0.759. The molecule has 2 aromatic rings. The van der Waals surface area contributed by atoms with Gasteiger partial charge in [0.1, 0.15) is 0 Å². The van der Waals surface area contributed by atoms with Crippen molar-refractivity contribution in [2.75, 3.05) is 19.6 Å². The highest BCUT2D eigenvalue weighted by molar-refractivity contribution is 9.10. The first kappa shape index (κ1) is 16.8. The van der Waals surface area contributed by atoms with E-state index < -0.39 is 0 Å². The van der Waals surface area contributed by atoms with Crippen molar-refractivity contribution in [2.24, 2.45) is 0 Å². The van der Waals surface area contributed by atoms with Crippen LogP contribution in [0.4, 0.5) is 0 Å². The van der Waals surface area contributed by atoms with Gasteiger partial charge in [0.2, 0.25) is 0 Å². The van der Waals surface area contributed by atoms with Crippen molar-refractivity contribution in [3.63, 3.8) is 0 Å². The summed E-state index contributed by atoms with van der Waals surface area (Å²) in [6.07, 6.45) is 3.39. The summed E-state index contributed by atoms with van der Waals surface area (Å²) in [5.41, 5.74) is 3.72. The SMILES string of the molecule is O=C(c1ccc(Br)cc1)N1CCC[C@@H](N2CCc3ccccc3C2)C1. The minimum Gasteiger partial charge on any atom is -0.337 e. The van der Waals surface area contributed by atoms with E-state index in [2.05, 4.69) is 45.1 Å². The maximum absolute atomic E-state index is 12.8. The highest BCUT2D eigenvalue weighted by Gasteiger charge is 2.30. The molecule has 0 N–H and O–H groups in total. The number of carbonyl (C=O) groups is 1. The second-order valence-electron chi connectivity index (χ2n) is 7.04. The van der Waals surface area contributed by atoms with Crippen LogP contribution in [0.1, 0.15) is 34.3 Å². The van der Waals surface area contributed by atoms with Crippen molar-refractivity contribution >= 4 is 21.8 Å². The van der Waals surface area contributed by atoms with E-state index in [0.29, 0.717) is 6.04 Å². The topological polar surface area (TPSA) is 23.6 Å². The first-order valence-corrected chi connectivity index (χ1v) is 9.86. The maximum Gasteiger partial charge on any atom is 0.253 e. The van der Waals surface area contributed by atoms with E-state index in [9.17, 15) is 4.79 Å². The summed E-state index contributed by atoms with van der Waals surface area (Å²) in [5, 5.41) is 0. The van der Waals surface area contributed by atoms with E-state index in [1.54, 1.807) is 0 Å². The largest absolute Gasteiger partial charge is 0.337 e. The predicted octanol–water partition coefficient (Wildman–Crippen LogP) is 4.11. The third-order valence-electron chi connectivity index (χ3n) is 5.45. The monoisotopic (exact) mass is 398 g/mol. The molecule has 25 heavy (non-hydrogen) atoms. The molecule has 3 nitrogen and oxygen atoms in total. The zero-order chi connectivity index (χ0) is 17.2. The minimum absolute atomic E-state index is 0.162. The van der Waals surface area contributed by atoms with Gasteiger partial charge in [0, 0.05) is 42.3 Å². The maximum atomic E-state index is 12.8. The predicted molar refractivity (Wildman–Crippen MR) is 104 cm³/mol. The Bertz CT molecular complexity index is 759. The van der Waals surface area contributed by atoms with Crippen LogP contribution >= 0.6 is 15.9 Å². The molecule has 2 aromatic carbocycles. The zero-order valence-electron chi connectivity index (χ0n) is 14.3. The van der Waals surface area contributed by atoms with Crippen LogP contribution in [-0.2, 0) is 13.0 Å². The van der Waals surface area contributed by atoms with Crippen molar-refractivity contribution in [3.05, 3.63) is 69.7 Å². The standard InChI is InChI=1S/C21H23BrN2O/c22-19-9-7-17(8-10-19)21(25)24-12-3-6-20(15-24)23-13-11-16-4-1-2-5-18(16)14-23/h1-2,4-5,7-10,20H,3,6,11-15H2/t20-/m1/s1. The molecule has 1 fully saturated rings. The number of carbonyl (C=O) groups excluding carboxylic acids is 1. The van der Waals surface area contributed by atoms with Gasteiger partial charge in [-0.05, 0) is 54.7 Å². The number of fused-ring (bicyclic) bond motifs is 1. The molecule has 0 spiro atoms. The molecule has 0 unspecified atom stereocenters. The van der Waals surface area contributed by atoms with E-state index in [4.69, 9.17) is 0 Å². The van der Waals surface area contributed by atoms with Crippen LogP contribution in [0.15, 0.2) is 53.0 Å². The fourth-order valence-electron chi connectivity index (χ4n) is 4.04. The van der Waals surface area contributed by atoms with Crippen molar-refractivity contribution in [2.45, 2.75) is 31.8 Å². The Morgan fingerprint density at radius 1 is 1.00 bits per heavy atom. The molecule has 0 saturated carbocycles. The Balaban J connectivity index is 1.44. The molecule has 2 heterocycles. The van der Waals surface area contributed by atoms with Gasteiger partial charge in [-0.15, -0.1) is 0 Å². The van der Waals surface area contributed by atoms with Crippen LogP contribution < -0.4 is 0 Å². The summed E-state index contributed by atoms with van der Waals surface area (Å²) in [5.74, 6) is 0.162. The molecule has 1 atom stereocenters. The van der Waals surface area contributed by atoms with Crippen molar-refractivity contribution < 1.29 is 4.79 Å². The Hall–Kier alpha value is -1.65. The van der Waals surface area contributed by atoms with Crippen molar-refractivity contribution in [1.82, 2.24) is 9.80 Å². The van der Waals surface area contributed by atoms with Crippen LogP contribution in [-0.4, -0.2) is 41.4 Å². The summed E-state index contributed by atoms with van der Waals surface area (Å²) in [4.78, 5) is 17.4. The molecule has 0 aromatic heterocycles. The van der Waals surface area contributed by atoms with Gasteiger partial charge in [-0.2, -0.15) is 0 Å². The van der Waals surface area contributed by atoms with Gasteiger partial charge < -0.3 is 4.90 Å². The number of amides is 1. The first-order chi connectivity index (χ1) is 12.2. The normalized spacial score (nSPS) is 21.0. The number of benzene rings is 2. The molecule has 4 heteroatoms. The van der Waals surface area contributed by atoms with Crippen LogP contribution in [0.3, 0.4) is 0 Å². The lowest BCUT2D eigenvalue weighted by atomic mass is 9.96. The molecule has 2 aliphatic rings. The molecular weight excluding hydrogens is 376 g/mol. The highest BCUT2D eigenvalue weighted by atomic mass is 79.9. The fraction of sp³-hybridized carbons (Fsp3) is 0.381. The number of rotatable bonds is 2. The molecule has 130 valence electrons. The van der Waals surface area contributed by atoms with Crippen molar-refractivity contribution in [1.29, 1.82) is 0 Å². The molecule has 4 rings (SSSR count). The lowest BCUT2D eigenvalue weighted by Crippen LogP contribution is -2.51. The van der Waals surface area contributed by atoms with E-state index in [-0.39, 0.29) is 5.91 Å². The first-order valence-electron chi connectivity index (χ1n) is 9.06. The van der Waals surface area contributed by atoms with Gasteiger partial charge in [-0.1, -0.05) is 40.2 Å². The van der Waals surface area contributed by atoms with E-state index in [1.807, 2.05) is 29.2 Å². The molecule has 1 amide bonds. The number of halogens is 1. The molecular formula is C21H23BrN2O. The second-order valence-corrected chi connectivity index (χ2v) is 7.96. The molecule has 0 bridgehead atoms. The Labute approximate surface area is 157 Å². The van der Waals surface area contributed by atoms with Gasteiger partial charge in [-0.25, -0.2) is 0 Å². The minimum atomic E-state index is 0.162. The Kier molecular flexibility index (Phi) is 4.91. The summed E-state index contributed by atoms with van der Waals surface area (Å²) < 4.78 is 1.01. The third-order valence-corrected chi connectivity index (χ3v) is 5.98. The van der Waals surface area contributed by atoms with E-state index in [0.717, 1.165) is 49.1 Å². The Morgan fingerprint density at radius 3 is 2.56 bits per heavy atom. The number of likely N-dealkylation sites (tertiary alicyclic amines) is 1. The number of hydrogen-bond acceptors (Lipinski definition) is 2. The van der Waals surface area contributed by atoms with Crippen LogP contribution in [0, 0.1) is 0 Å². The van der Waals surface area contributed by atoms with Gasteiger partial charge in [0.15, 0.2) is 0 Å². The average molecular weight is 399 g/mol. The van der Waals surface area contributed by atoms with Crippen LogP contribution in [0.5, 0.6) is 0 Å². The number of piperidine rings is 1. The van der Waals surface area contributed by atoms with E-state index >= 15 is 0 Å². The third kappa shape index (κ3) is 3.65. The molecule has 0 aliphatic carbocycles. The molecule has 2 aliphatic heterocycles. The van der Waals surface area contributed by atoms with Gasteiger partial charge in [0.05, 0.1) is 0 Å². The van der Waals surface area contributed by atoms with E-state index in [1.165, 1.54) is 17.5 Å². The summed E-state index contributed by atoms with van der Waals surface area (Å²) in [7, 11) is 0. The number of hydrogen-bond donors (Lipinski definition) is 0. The zero-order valence-corrected chi connectivity index (χ0v) is 15.9. The van der Waals surface area contributed by atoms with Gasteiger partial charge >= 0.3 is 0 Å². The lowest BCUT2D eigenvalue weighted by Gasteiger charge is -2.41. The average Bonchev–Trinajstić information content (AvgIpc) is 2.68. The van der Waals surface area contributed by atoms with Crippen LogP contribution in [0.2, 0.25) is 0 Å². The summed E-state index contributed by atoms with van der Waals surface area (Å²) in [6.45, 7) is 3.83. The molecule has 0 radical (unpaired) electrons. The fourth-order valence-corrected chi connectivity index (χ4v) is 4.31. The van der Waals surface area contributed by atoms with Crippen molar-refractivity contribution in [3.8, 4) is 0 Å². The summed E-state index contributed by atoms with van der Waals surface area (Å²) >= 11 is 3.43. The highest BCUT2D eigenvalue weighted by Crippen LogP contribution is 2.25. The lowest BCUT2D eigenvalue weighted by molar-refractivity contribution is 0.0549. The summed E-state index contributed by atoms with van der Waals surface area (Å²) in [6, 6.07) is 16.9. The second kappa shape index (κ2) is 7.30. The Morgan fingerprint density at radius 2 is 1.76 bits per heavy atom. The van der Waals surface area contributed by atoms with Gasteiger partial charge in [-0.3, -0.25) is 9.69 Å². The van der Waals surface area contributed by atoms with Gasteiger partial charge in [0.25, 0.3) is 5.91 Å². The number of nitrogens with zero attached hydrogens (tertiary/aromatic N) is 2.